The Kier molecular flexibility index (Phi) is 4.17. The molecule has 6 heteroatoms. The molecule has 0 fully saturated rings. The van der Waals surface area contributed by atoms with Crippen molar-refractivity contribution >= 4 is 13.6 Å². The molecular weight excluding hydrogens is 183 g/mol. The highest BCUT2D eigenvalue weighted by atomic mass is 31.2. The minimum Gasteiger partial charge on any atom is -0.481 e. The van der Waals surface area contributed by atoms with Crippen molar-refractivity contribution in [3.8, 4) is 0 Å². The molecule has 0 saturated heterocycles. The standard InChI is InChI=1S/C6H11O5P/c1-5(6(7)8)3-2-4-12(9,10)11/h2-3,5H,4H2,1H3,(H,7,8)(H2,9,10,11). The largest absolute Gasteiger partial charge is 0.481 e. The minimum atomic E-state index is -4.03. The van der Waals surface area contributed by atoms with Crippen LogP contribution in [0.5, 0.6) is 0 Å². The van der Waals surface area contributed by atoms with Gasteiger partial charge in [0.25, 0.3) is 0 Å². The average molecular weight is 194 g/mol. The van der Waals surface area contributed by atoms with Crippen molar-refractivity contribution in [2.75, 3.05) is 6.16 Å². The summed E-state index contributed by atoms with van der Waals surface area (Å²) in [5.41, 5.74) is 0. The highest BCUT2D eigenvalue weighted by molar-refractivity contribution is 7.51. The molecule has 0 aromatic heterocycles. The monoisotopic (exact) mass is 194 g/mol. The van der Waals surface area contributed by atoms with Crippen LogP contribution in [0.15, 0.2) is 12.2 Å². The van der Waals surface area contributed by atoms with E-state index in [9.17, 15) is 9.36 Å². The summed E-state index contributed by atoms with van der Waals surface area (Å²) in [7, 11) is -4.03. The van der Waals surface area contributed by atoms with Crippen LogP contribution in [0.2, 0.25) is 0 Å². The lowest BCUT2D eigenvalue weighted by molar-refractivity contribution is -0.139. The molecule has 0 rings (SSSR count). The summed E-state index contributed by atoms with van der Waals surface area (Å²) in [5, 5.41) is 8.37. The summed E-state index contributed by atoms with van der Waals surface area (Å²) < 4.78 is 10.3. The molecule has 0 bridgehead atoms. The summed E-state index contributed by atoms with van der Waals surface area (Å²) in [6.07, 6.45) is 2.02. The summed E-state index contributed by atoms with van der Waals surface area (Å²) in [6, 6.07) is 0. The van der Waals surface area contributed by atoms with Gasteiger partial charge in [0.2, 0.25) is 0 Å². The van der Waals surface area contributed by atoms with E-state index in [2.05, 4.69) is 0 Å². The van der Waals surface area contributed by atoms with Crippen LogP contribution in [0.25, 0.3) is 0 Å². The van der Waals surface area contributed by atoms with Crippen molar-refractivity contribution < 1.29 is 24.3 Å². The SMILES string of the molecule is CC(C=CCP(=O)(O)O)C(=O)O. The van der Waals surface area contributed by atoms with E-state index < -0.39 is 25.6 Å². The molecule has 5 nitrogen and oxygen atoms in total. The van der Waals surface area contributed by atoms with E-state index in [1.54, 1.807) is 0 Å². The van der Waals surface area contributed by atoms with E-state index in [-0.39, 0.29) is 0 Å². The zero-order chi connectivity index (χ0) is 9.78. The van der Waals surface area contributed by atoms with Crippen LogP contribution in [-0.2, 0) is 9.36 Å². The third kappa shape index (κ3) is 6.09. The van der Waals surface area contributed by atoms with Gasteiger partial charge in [0.1, 0.15) is 0 Å². The molecule has 3 N–H and O–H groups in total. The molecule has 0 amide bonds. The second kappa shape index (κ2) is 4.40. The second-order valence-corrected chi connectivity index (χ2v) is 4.10. The fourth-order valence-electron chi connectivity index (χ4n) is 0.485. The molecule has 0 aliphatic rings. The second-order valence-electron chi connectivity index (χ2n) is 2.40. The van der Waals surface area contributed by atoms with Gasteiger partial charge in [0, 0.05) is 0 Å². The molecule has 0 aliphatic heterocycles. The molecular formula is C6H11O5P. The molecule has 0 aliphatic carbocycles. The average Bonchev–Trinajstić information content (AvgIpc) is 1.84. The molecule has 12 heavy (non-hydrogen) atoms. The van der Waals surface area contributed by atoms with Gasteiger partial charge in [-0.15, -0.1) is 0 Å². The maximum Gasteiger partial charge on any atom is 0.329 e. The van der Waals surface area contributed by atoms with Gasteiger partial charge in [-0.1, -0.05) is 12.2 Å². The number of hydrogen-bond donors (Lipinski definition) is 3. The highest BCUT2D eigenvalue weighted by Crippen LogP contribution is 2.33. The van der Waals surface area contributed by atoms with Crippen molar-refractivity contribution in [2.45, 2.75) is 6.92 Å². The third-order valence-corrected chi connectivity index (χ3v) is 1.84. The number of rotatable bonds is 4. The Morgan fingerprint density at radius 3 is 2.42 bits per heavy atom. The minimum absolute atomic E-state index is 0.412. The Labute approximate surface area is 69.9 Å². The lowest BCUT2D eigenvalue weighted by atomic mass is 10.2. The third-order valence-electron chi connectivity index (χ3n) is 1.16. The summed E-state index contributed by atoms with van der Waals surface area (Å²) in [5.74, 6) is -1.73. The number of aliphatic carboxylic acids is 1. The zero-order valence-corrected chi connectivity index (χ0v) is 7.44. The first-order valence-corrected chi connectivity index (χ1v) is 5.07. The Bertz CT molecular complexity index is 228. The number of hydrogen-bond acceptors (Lipinski definition) is 2. The zero-order valence-electron chi connectivity index (χ0n) is 6.54. The van der Waals surface area contributed by atoms with Gasteiger partial charge >= 0.3 is 13.6 Å². The molecule has 0 heterocycles. The number of carboxylic acids is 1. The van der Waals surface area contributed by atoms with Crippen LogP contribution in [0.3, 0.4) is 0 Å². The van der Waals surface area contributed by atoms with Crippen molar-refractivity contribution in [1.29, 1.82) is 0 Å². The lowest BCUT2D eigenvalue weighted by Gasteiger charge is -1.99. The molecule has 0 saturated carbocycles. The molecule has 1 unspecified atom stereocenters. The predicted octanol–water partition coefficient (Wildman–Crippen LogP) is 0.441. The van der Waals surface area contributed by atoms with Crippen LogP contribution < -0.4 is 0 Å². The number of carbonyl (C=O) groups is 1. The summed E-state index contributed by atoms with van der Waals surface area (Å²) >= 11 is 0. The molecule has 1 atom stereocenters. The van der Waals surface area contributed by atoms with E-state index in [4.69, 9.17) is 14.9 Å². The fraction of sp³-hybridized carbons (Fsp3) is 0.500. The smallest absolute Gasteiger partial charge is 0.329 e. The lowest BCUT2D eigenvalue weighted by Crippen LogP contribution is -2.05. The summed E-state index contributed by atoms with van der Waals surface area (Å²) in [4.78, 5) is 27.0. The first kappa shape index (κ1) is 11.4. The topological polar surface area (TPSA) is 94.8 Å². The first-order chi connectivity index (χ1) is 5.33. The quantitative estimate of drug-likeness (QED) is 0.446. The van der Waals surface area contributed by atoms with Crippen LogP contribution in [-0.4, -0.2) is 27.0 Å². The molecule has 0 aromatic rings. The van der Waals surface area contributed by atoms with E-state index in [0.29, 0.717) is 0 Å². The molecule has 0 aromatic carbocycles. The Hall–Kier alpha value is -0.640. The number of allylic oxidation sites excluding steroid dienone is 1. The van der Waals surface area contributed by atoms with E-state index in [0.717, 1.165) is 0 Å². The van der Waals surface area contributed by atoms with Crippen molar-refractivity contribution in [3.63, 3.8) is 0 Å². The maximum absolute atomic E-state index is 10.3. The molecule has 0 radical (unpaired) electrons. The van der Waals surface area contributed by atoms with Gasteiger partial charge < -0.3 is 14.9 Å². The Balaban J connectivity index is 3.93. The Morgan fingerprint density at radius 2 is 2.08 bits per heavy atom. The normalized spacial score (nSPS) is 14.9. The van der Waals surface area contributed by atoms with Crippen LogP contribution in [0.1, 0.15) is 6.92 Å². The van der Waals surface area contributed by atoms with Gasteiger partial charge in [-0.2, -0.15) is 0 Å². The van der Waals surface area contributed by atoms with E-state index in [1.165, 1.54) is 19.1 Å². The molecule has 0 spiro atoms. The summed E-state index contributed by atoms with van der Waals surface area (Å²) in [6.45, 7) is 1.43. The van der Waals surface area contributed by atoms with E-state index in [1.807, 2.05) is 0 Å². The van der Waals surface area contributed by atoms with Gasteiger partial charge in [-0.3, -0.25) is 9.36 Å². The van der Waals surface area contributed by atoms with Crippen LogP contribution >= 0.6 is 7.60 Å². The highest BCUT2D eigenvalue weighted by Gasteiger charge is 2.10. The van der Waals surface area contributed by atoms with Gasteiger partial charge in [-0.05, 0) is 6.92 Å². The van der Waals surface area contributed by atoms with Gasteiger partial charge in [-0.25, -0.2) is 0 Å². The van der Waals surface area contributed by atoms with Crippen LogP contribution in [0, 0.1) is 5.92 Å². The molecule has 70 valence electrons. The predicted molar refractivity (Wildman–Crippen MR) is 42.9 cm³/mol. The Morgan fingerprint density at radius 1 is 1.58 bits per heavy atom. The van der Waals surface area contributed by atoms with Crippen molar-refractivity contribution in [3.05, 3.63) is 12.2 Å². The number of carboxylic acid groups (broad SMARTS) is 1. The maximum atomic E-state index is 10.3. The van der Waals surface area contributed by atoms with Crippen molar-refractivity contribution in [1.82, 2.24) is 0 Å². The fourth-order valence-corrected chi connectivity index (χ4v) is 0.881. The first-order valence-electron chi connectivity index (χ1n) is 3.27. The van der Waals surface area contributed by atoms with Crippen molar-refractivity contribution in [2.24, 2.45) is 5.92 Å². The van der Waals surface area contributed by atoms with Gasteiger partial charge in [0.05, 0.1) is 12.1 Å². The van der Waals surface area contributed by atoms with Gasteiger partial charge in [0.15, 0.2) is 0 Å². The van der Waals surface area contributed by atoms with E-state index >= 15 is 0 Å². The van der Waals surface area contributed by atoms with Crippen LogP contribution in [0.4, 0.5) is 0 Å².